The summed E-state index contributed by atoms with van der Waals surface area (Å²) in [5.41, 5.74) is -5.73. The number of hydrogen-bond acceptors (Lipinski definition) is 7. The maximum absolute atomic E-state index is 13.6. The molecule has 0 saturated heterocycles. The third-order valence-corrected chi connectivity index (χ3v) is 4.56. The van der Waals surface area contributed by atoms with E-state index in [0.29, 0.717) is 11.0 Å². The molecule has 0 aliphatic carbocycles. The van der Waals surface area contributed by atoms with Crippen LogP contribution in [0, 0.1) is 30.3 Å². The van der Waals surface area contributed by atoms with Crippen LogP contribution in [0.25, 0.3) is 0 Å². The van der Waals surface area contributed by atoms with E-state index < -0.39 is 49.3 Å². The highest BCUT2D eigenvalue weighted by atomic mass is 79.9. The van der Waals surface area contributed by atoms with Crippen molar-refractivity contribution in [2.75, 3.05) is 11.9 Å². The molecule has 29 heavy (non-hydrogen) atoms. The van der Waals surface area contributed by atoms with Crippen molar-refractivity contribution < 1.29 is 27.9 Å². The van der Waals surface area contributed by atoms with Crippen LogP contribution in [-0.2, 0) is 6.18 Å². The number of nitro benzene ring substituents is 3. The Kier molecular flexibility index (Phi) is 5.99. The average molecular weight is 500 g/mol. The Labute approximate surface area is 172 Å². The molecular formula is C14H7BrClF3N4O6. The summed E-state index contributed by atoms with van der Waals surface area (Å²) in [6.45, 7) is 0. The van der Waals surface area contributed by atoms with Gasteiger partial charge in [-0.25, -0.2) is 0 Å². The number of alkyl halides is 3. The smallest absolute Gasteiger partial charge is 0.336 e. The maximum Gasteiger partial charge on any atom is 0.418 e. The van der Waals surface area contributed by atoms with Crippen molar-refractivity contribution in [3.05, 3.63) is 69.7 Å². The van der Waals surface area contributed by atoms with E-state index in [1.54, 1.807) is 0 Å². The Morgan fingerprint density at radius 3 is 1.86 bits per heavy atom. The summed E-state index contributed by atoms with van der Waals surface area (Å²) < 4.78 is 40.6. The number of halogens is 5. The first-order valence-corrected chi connectivity index (χ1v) is 8.34. The standard InChI is InChI=1S/C14H7BrClF3N4O6/c1-20(13-9(15)3-7(22(26)27)4-10(13)16)12-8(14(17,18)19)2-6(21(24)25)5-11(12)23(28)29/h2-5H,1H3. The molecule has 0 atom stereocenters. The van der Waals surface area contributed by atoms with Crippen LogP contribution in [0.2, 0.25) is 5.02 Å². The molecule has 0 aromatic heterocycles. The van der Waals surface area contributed by atoms with E-state index in [-0.39, 0.29) is 21.2 Å². The second-order valence-corrected chi connectivity index (χ2v) is 6.71. The van der Waals surface area contributed by atoms with Gasteiger partial charge < -0.3 is 4.90 Å². The Morgan fingerprint density at radius 1 is 0.931 bits per heavy atom. The van der Waals surface area contributed by atoms with Crippen LogP contribution in [0.4, 0.5) is 41.6 Å². The zero-order chi connectivity index (χ0) is 22.3. The Bertz CT molecular complexity index is 1030. The summed E-state index contributed by atoms with van der Waals surface area (Å²) >= 11 is 8.92. The molecule has 0 amide bonds. The molecular weight excluding hydrogens is 493 g/mol. The van der Waals surface area contributed by atoms with Crippen LogP contribution in [0.15, 0.2) is 28.7 Å². The lowest BCUT2D eigenvalue weighted by Gasteiger charge is -2.25. The van der Waals surface area contributed by atoms with Gasteiger partial charge in [0.15, 0.2) is 0 Å². The van der Waals surface area contributed by atoms with E-state index in [0.717, 1.165) is 19.2 Å². The summed E-state index contributed by atoms with van der Waals surface area (Å²) in [4.78, 5) is 30.7. The zero-order valence-corrected chi connectivity index (χ0v) is 16.3. The maximum atomic E-state index is 13.6. The lowest BCUT2D eigenvalue weighted by atomic mass is 10.1. The van der Waals surface area contributed by atoms with Gasteiger partial charge in [-0.05, 0) is 15.9 Å². The van der Waals surface area contributed by atoms with E-state index in [4.69, 9.17) is 11.6 Å². The van der Waals surface area contributed by atoms with Gasteiger partial charge in [0.1, 0.15) is 5.69 Å². The van der Waals surface area contributed by atoms with Gasteiger partial charge in [-0.3, -0.25) is 30.3 Å². The number of non-ortho nitro benzene ring substituents is 2. The fourth-order valence-corrected chi connectivity index (χ4v) is 3.68. The van der Waals surface area contributed by atoms with Crippen molar-refractivity contribution in [1.82, 2.24) is 0 Å². The first-order valence-electron chi connectivity index (χ1n) is 7.17. The van der Waals surface area contributed by atoms with Crippen molar-refractivity contribution in [1.29, 1.82) is 0 Å². The number of hydrogen-bond donors (Lipinski definition) is 0. The van der Waals surface area contributed by atoms with Crippen LogP contribution >= 0.6 is 27.5 Å². The largest absolute Gasteiger partial charge is 0.418 e. The van der Waals surface area contributed by atoms with Gasteiger partial charge in [0, 0.05) is 29.7 Å². The monoisotopic (exact) mass is 498 g/mol. The molecule has 0 saturated carbocycles. The van der Waals surface area contributed by atoms with Crippen molar-refractivity contribution in [2.45, 2.75) is 6.18 Å². The van der Waals surface area contributed by atoms with Gasteiger partial charge in [-0.15, -0.1) is 0 Å². The van der Waals surface area contributed by atoms with Crippen LogP contribution in [-0.4, -0.2) is 21.8 Å². The van der Waals surface area contributed by atoms with Gasteiger partial charge in [0.2, 0.25) is 0 Å². The van der Waals surface area contributed by atoms with Crippen LogP contribution in [0.3, 0.4) is 0 Å². The lowest BCUT2D eigenvalue weighted by Crippen LogP contribution is -2.19. The second-order valence-electron chi connectivity index (χ2n) is 5.45. The van der Waals surface area contributed by atoms with E-state index in [9.17, 15) is 43.5 Å². The van der Waals surface area contributed by atoms with Crippen molar-refractivity contribution in [2.24, 2.45) is 0 Å². The summed E-state index contributed by atoms with van der Waals surface area (Å²) in [6.07, 6.45) is -5.19. The van der Waals surface area contributed by atoms with Crippen LogP contribution < -0.4 is 4.90 Å². The molecule has 2 rings (SSSR count). The highest BCUT2D eigenvalue weighted by molar-refractivity contribution is 9.10. The second kappa shape index (κ2) is 7.79. The normalized spacial score (nSPS) is 11.2. The zero-order valence-electron chi connectivity index (χ0n) is 13.9. The Balaban J connectivity index is 2.88. The molecule has 0 aliphatic heterocycles. The highest BCUT2D eigenvalue weighted by Crippen LogP contribution is 2.49. The molecule has 0 unspecified atom stereocenters. The molecule has 0 fully saturated rings. The predicted octanol–water partition coefficient (Wildman–Crippen LogP) is 5.61. The van der Waals surface area contributed by atoms with E-state index in [1.165, 1.54) is 0 Å². The topological polar surface area (TPSA) is 133 Å². The molecule has 0 bridgehead atoms. The van der Waals surface area contributed by atoms with E-state index in [2.05, 4.69) is 15.9 Å². The minimum Gasteiger partial charge on any atom is -0.336 e. The molecule has 2 aromatic rings. The first-order chi connectivity index (χ1) is 13.3. The van der Waals surface area contributed by atoms with Gasteiger partial charge in [0.25, 0.3) is 17.1 Å². The van der Waals surface area contributed by atoms with Crippen molar-refractivity contribution in [3.8, 4) is 0 Å². The number of anilines is 2. The lowest BCUT2D eigenvalue weighted by molar-refractivity contribution is -0.394. The highest BCUT2D eigenvalue weighted by Gasteiger charge is 2.41. The summed E-state index contributed by atoms with van der Waals surface area (Å²) in [5, 5.41) is 32.8. The van der Waals surface area contributed by atoms with E-state index in [1.807, 2.05) is 0 Å². The third kappa shape index (κ3) is 4.37. The number of benzene rings is 2. The van der Waals surface area contributed by atoms with Crippen LogP contribution in [0.5, 0.6) is 0 Å². The fourth-order valence-electron chi connectivity index (χ4n) is 2.51. The molecule has 0 heterocycles. The summed E-state index contributed by atoms with van der Waals surface area (Å²) in [6, 6.07) is 2.34. The van der Waals surface area contributed by atoms with Gasteiger partial charge in [-0.1, -0.05) is 11.6 Å². The minimum atomic E-state index is -5.19. The van der Waals surface area contributed by atoms with Gasteiger partial charge in [-0.2, -0.15) is 13.2 Å². The molecule has 10 nitrogen and oxygen atoms in total. The SMILES string of the molecule is CN(c1c(Cl)cc([N+](=O)[O-])cc1Br)c1c([N+](=O)[O-])cc([N+](=O)[O-])cc1C(F)(F)F. The molecule has 0 spiro atoms. The first kappa shape index (κ1) is 22.3. The van der Waals surface area contributed by atoms with E-state index >= 15 is 0 Å². The number of nitro groups is 3. The molecule has 0 aliphatic rings. The number of nitrogens with zero attached hydrogens (tertiary/aromatic N) is 4. The Hall–Kier alpha value is -3.00. The minimum absolute atomic E-state index is 0.125. The Morgan fingerprint density at radius 2 is 1.45 bits per heavy atom. The molecule has 154 valence electrons. The number of rotatable bonds is 5. The average Bonchev–Trinajstić information content (AvgIpc) is 2.58. The summed E-state index contributed by atoms with van der Waals surface area (Å²) in [5.74, 6) is 0. The predicted molar refractivity (Wildman–Crippen MR) is 98.6 cm³/mol. The van der Waals surface area contributed by atoms with Gasteiger partial charge >= 0.3 is 6.18 Å². The quantitative estimate of drug-likeness (QED) is 0.385. The van der Waals surface area contributed by atoms with Crippen molar-refractivity contribution >= 4 is 56.0 Å². The third-order valence-electron chi connectivity index (χ3n) is 3.67. The summed E-state index contributed by atoms with van der Waals surface area (Å²) in [7, 11) is 1.00. The van der Waals surface area contributed by atoms with Crippen molar-refractivity contribution in [3.63, 3.8) is 0 Å². The molecule has 2 aromatic carbocycles. The molecule has 0 N–H and O–H groups in total. The van der Waals surface area contributed by atoms with Gasteiger partial charge in [0.05, 0.1) is 37.1 Å². The fraction of sp³-hybridized carbons (Fsp3) is 0.143. The van der Waals surface area contributed by atoms with Crippen LogP contribution in [0.1, 0.15) is 5.56 Å². The molecule has 15 heteroatoms. The molecule has 0 radical (unpaired) electrons.